The van der Waals surface area contributed by atoms with Crippen LogP contribution in [0, 0.1) is 0 Å². The molecule has 4 heteroatoms. The van der Waals surface area contributed by atoms with E-state index in [1.807, 2.05) is 24.3 Å². The minimum Gasteiger partial charge on any atom is -0.480 e. The van der Waals surface area contributed by atoms with E-state index in [1.165, 1.54) is 0 Å². The average molecular weight is 249 g/mol. The number of hydrogen-bond donors (Lipinski definition) is 2. The van der Waals surface area contributed by atoms with Gasteiger partial charge < -0.3 is 15.6 Å². The van der Waals surface area contributed by atoms with Crippen LogP contribution in [0.1, 0.15) is 30.4 Å². The van der Waals surface area contributed by atoms with Crippen molar-refractivity contribution in [3.8, 4) is 0 Å². The Morgan fingerprint density at radius 1 is 1.33 bits per heavy atom. The van der Waals surface area contributed by atoms with Crippen LogP contribution < -0.4 is 5.73 Å². The summed E-state index contributed by atoms with van der Waals surface area (Å²) in [5, 5.41) is 8.76. The molecule has 0 aromatic heterocycles. The lowest BCUT2D eigenvalue weighted by atomic mass is 10.0. The van der Waals surface area contributed by atoms with Crippen LogP contribution >= 0.6 is 0 Å². The second kappa shape index (κ2) is 7.61. The number of benzene rings is 1. The molecule has 0 saturated carbocycles. The Bertz CT molecular complexity index is 404. The van der Waals surface area contributed by atoms with Crippen molar-refractivity contribution in [2.45, 2.75) is 38.1 Å². The third-order valence-electron chi connectivity index (χ3n) is 2.80. The Balaban J connectivity index is 2.51. The molecule has 3 N–H and O–H groups in total. The van der Waals surface area contributed by atoms with Gasteiger partial charge in [0.15, 0.2) is 0 Å². The number of aryl methyl sites for hydroxylation is 1. The predicted molar refractivity (Wildman–Crippen MR) is 69.4 cm³/mol. The number of hydrogen-bond acceptors (Lipinski definition) is 3. The molecule has 0 spiro atoms. The van der Waals surface area contributed by atoms with Gasteiger partial charge in [0.25, 0.3) is 0 Å². The number of carboxylic acids is 1. The van der Waals surface area contributed by atoms with Gasteiger partial charge in [0, 0.05) is 6.42 Å². The average Bonchev–Trinajstić information content (AvgIpc) is 2.35. The van der Waals surface area contributed by atoms with Crippen LogP contribution in [0.4, 0.5) is 0 Å². The zero-order valence-corrected chi connectivity index (χ0v) is 10.3. The zero-order valence-electron chi connectivity index (χ0n) is 10.3. The number of aliphatic carboxylic acids is 1. The van der Waals surface area contributed by atoms with E-state index in [-0.39, 0.29) is 0 Å². The van der Waals surface area contributed by atoms with Crippen LogP contribution in [0.3, 0.4) is 0 Å². The van der Waals surface area contributed by atoms with Crippen molar-refractivity contribution in [1.29, 1.82) is 0 Å². The number of rotatable bonds is 8. The van der Waals surface area contributed by atoms with Crippen LogP contribution in [0.25, 0.3) is 0 Å². The number of nitrogens with two attached hydrogens (primary N) is 1. The summed E-state index contributed by atoms with van der Waals surface area (Å²) in [4.78, 5) is 20.9. The van der Waals surface area contributed by atoms with Crippen molar-refractivity contribution in [2.75, 3.05) is 0 Å². The van der Waals surface area contributed by atoms with Gasteiger partial charge in [0.2, 0.25) is 0 Å². The highest BCUT2D eigenvalue weighted by atomic mass is 16.4. The van der Waals surface area contributed by atoms with Gasteiger partial charge in [-0.15, -0.1) is 0 Å². The molecule has 1 rings (SSSR count). The monoisotopic (exact) mass is 249 g/mol. The van der Waals surface area contributed by atoms with Crippen molar-refractivity contribution in [3.05, 3.63) is 35.4 Å². The van der Waals surface area contributed by atoms with E-state index < -0.39 is 12.0 Å². The normalized spacial score (nSPS) is 12.1. The molecule has 0 bridgehead atoms. The highest BCUT2D eigenvalue weighted by molar-refractivity contribution is 5.73. The maximum atomic E-state index is 10.7. The van der Waals surface area contributed by atoms with E-state index in [2.05, 4.69) is 0 Å². The molecular formula is C14H19NO3. The van der Waals surface area contributed by atoms with Crippen molar-refractivity contribution < 1.29 is 14.7 Å². The summed E-state index contributed by atoms with van der Waals surface area (Å²) in [6.45, 7) is 0. The second-order valence-electron chi connectivity index (χ2n) is 4.38. The van der Waals surface area contributed by atoms with Gasteiger partial charge in [0.05, 0.1) is 0 Å². The SMILES string of the molecule is NC(Cc1cccc(CCCCC=O)c1)C(=O)O. The number of carbonyl (C=O) groups excluding carboxylic acids is 1. The number of unbranched alkanes of at least 4 members (excludes halogenated alkanes) is 2. The Morgan fingerprint density at radius 2 is 2.06 bits per heavy atom. The maximum Gasteiger partial charge on any atom is 0.320 e. The van der Waals surface area contributed by atoms with Crippen LogP contribution in [0.5, 0.6) is 0 Å². The molecule has 0 radical (unpaired) electrons. The molecule has 0 aliphatic heterocycles. The highest BCUT2D eigenvalue weighted by Crippen LogP contribution is 2.11. The Kier molecular flexibility index (Phi) is 6.08. The van der Waals surface area contributed by atoms with Crippen LogP contribution in [-0.2, 0) is 22.4 Å². The molecule has 4 nitrogen and oxygen atoms in total. The summed E-state index contributed by atoms with van der Waals surface area (Å²) in [5.74, 6) is -0.980. The van der Waals surface area contributed by atoms with Gasteiger partial charge in [-0.05, 0) is 36.8 Å². The summed E-state index contributed by atoms with van der Waals surface area (Å²) in [6, 6.07) is 6.95. The molecule has 0 aliphatic carbocycles. The topological polar surface area (TPSA) is 80.4 Å². The lowest BCUT2D eigenvalue weighted by Crippen LogP contribution is -2.32. The highest BCUT2D eigenvalue weighted by Gasteiger charge is 2.11. The molecular weight excluding hydrogens is 230 g/mol. The third-order valence-corrected chi connectivity index (χ3v) is 2.80. The van der Waals surface area contributed by atoms with Gasteiger partial charge in [-0.2, -0.15) is 0 Å². The molecule has 0 saturated heterocycles. The minimum absolute atomic E-state index is 0.345. The second-order valence-corrected chi connectivity index (χ2v) is 4.38. The summed E-state index contributed by atoms with van der Waals surface area (Å²) in [7, 11) is 0. The molecule has 0 fully saturated rings. The standard InChI is InChI=1S/C14H19NO3/c15-13(14(17)18)10-12-7-4-6-11(9-12)5-2-1-3-8-16/h4,6-9,13H,1-3,5,10,15H2,(H,17,18). The molecule has 18 heavy (non-hydrogen) atoms. The van der Waals surface area contributed by atoms with E-state index >= 15 is 0 Å². The summed E-state index contributed by atoms with van der Waals surface area (Å²) < 4.78 is 0. The van der Waals surface area contributed by atoms with Gasteiger partial charge >= 0.3 is 5.97 Å². The van der Waals surface area contributed by atoms with Crippen LogP contribution in [0.15, 0.2) is 24.3 Å². The fraction of sp³-hybridized carbons (Fsp3) is 0.429. The van der Waals surface area contributed by atoms with Crippen molar-refractivity contribution in [2.24, 2.45) is 5.73 Å². The van der Waals surface area contributed by atoms with Crippen LogP contribution in [0.2, 0.25) is 0 Å². The predicted octanol–water partition coefficient (Wildman–Crippen LogP) is 1.55. The molecule has 0 heterocycles. The van der Waals surface area contributed by atoms with Gasteiger partial charge in [0.1, 0.15) is 12.3 Å². The van der Waals surface area contributed by atoms with Crippen LogP contribution in [-0.4, -0.2) is 23.4 Å². The first-order chi connectivity index (χ1) is 8.63. The van der Waals surface area contributed by atoms with E-state index in [0.717, 1.165) is 36.7 Å². The first kappa shape index (κ1) is 14.4. The largest absolute Gasteiger partial charge is 0.480 e. The fourth-order valence-corrected chi connectivity index (χ4v) is 1.81. The summed E-state index contributed by atoms with van der Waals surface area (Å²) >= 11 is 0. The van der Waals surface area contributed by atoms with Crippen molar-refractivity contribution in [3.63, 3.8) is 0 Å². The molecule has 1 unspecified atom stereocenters. The Morgan fingerprint density at radius 3 is 2.72 bits per heavy atom. The maximum absolute atomic E-state index is 10.7. The lowest BCUT2D eigenvalue weighted by Gasteiger charge is -2.08. The molecule has 1 aromatic carbocycles. The summed E-state index contributed by atoms with van der Waals surface area (Å²) in [6.07, 6.45) is 4.64. The smallest absolute Gasteiger partial charge is 0.320 e. The Hall–Kier alpha value is -1.68. The first-order valence-electron chi connectivity index (χ1n) is 6.13. The molecule has 0 aliphatic rings. The quantitative estimate of drug-likeness (QED) is 0.541. The first-order valence-corrected chi connectivity index (χ1v) is 6.13. The Labute approximate surface area is 107 Å². The van der Waals surface area contributed by atoms with Gasteiger partial charge in [-0.25, -0.2) is 0 Å². The van der Waals surface area contributed by atoms with Gasteiger partial charge in [-0.3, -0.25) is 4.79 Å². The third kappa shape index (κ3) is 5.10. The van der Waals surface area contributed by atoms with Crippen molar-refractivity contribution in [1.82, 2.24) is 0 Å². The lowest BCUT2D eigenvalue weighted by molar-refractivity contribution is -0.138. The molecule has 0 amide bonds. The number of carbonyl (C=O) groups is 2. The number of carboxylic acid groups (broad SMARTS) is 1. The summed E-state index contributed by atoms with van der Waals surface area (Å²) in [5.41, 5.74) is 7.61. The molecule has 1 aromatic rings. The van der Waals surface area contributed by atoms with E-state index in [9.17, 15) is 9.59 Å². The molecule has 1 atom stereocenters. The zero-order chi connectivity index (χ0) is 13.4. The minimum atomic E-state index is -0.980. The van der Waals surface area contributed by atoms with E-state index in [4.69, 9.17) is 10.8 Å². The molecule has 98 valence electrons. The van der Waals surface area contributed by atoms with E-state index in [1.54, 1.807) is 0 Å². The number of aldehydes is 1. The van der Waals surface area contributed by atoms with Gasteiger partial charge in [-0.1, -0.05) is 24.3 Å². The fourth-order valence-electron chi connectivity index (χ4n) is 1.81. The van der Waals surface area contributed by atoms with Crippen molar-refractivity contribution >= 4 is 12.3 Å². The van der Waals surface area contributed by atoms with E-state index in [0.29, 0.717) is 12.8 Å².